The summed E-state index contributed by atoms with van der Waals surface area (Å²) in [5.41, 5.74) is 2.48. The number of hydrogen-bond donors (Lipinski definition) is 2. The number of carbonyl (C=O) groups is 1. The molecule has 35 heavy (non-hydrogen) atoms. The van der Waals surface area contributed by atoms with Gasteiger partial charge < -0.3 is 20.1 Å². The molecule has 7 nitrogen and oxygen atoms in total. The zero-order valence-electron chi connectivity index (χ0n) is 19.3. The Morgan fingerprint density at radius 3 is 2.49 bits per heavy atom. The molecular formula is C26H26F2N6O. The number of nitrogens with one attached hydrogen (secondary N) is 2. The molecule has 1 aliphatic heterocycles. The SMILES string of the molecule is CN1CCC(NC(=O)c2ccc(Nc3ncc4ccn(Cc5cc(F)cc(F)c5)c4n3)cc2)CC1. The summed E-state index contributed by atoms with van der Waals surface area (Å²) in [6.07, 6.45) is 5.41. The lowest BCUT2D eigenvalue weighted by atomic mass is 10.0. The van der Waals surface area contributed by atoms with Crippen molar-refractivity contribution in [3.63, 3.8) is 0 Å². The summed E-state index contributed by atoms with van der Waals surface area (Å²) in [6, 6.07) is 12.7. The minimum atomic E-state index is -0.614. The van der Waals surface area contributed by atoms with Crippen molar-refractivity contribution in [3.8, 4) is 0 Å². The number of anilines is 2. The summed E-state index contributed by atoms with van der Waals surface area (Å²) >= 11 is 0. The molecule has 0 bridgehead atoms. The molecule has 1 saturated heterocycles. The van der Waals surface area contributed by atoms with Gasteiger partial charge in [0.05, 0.1) is 0 Å². The van der Waals surface area contributed by atoms with Gasteiger partial charge in [-0.15, -0.1) is 0 Å². The number of amides is 1. The lowest BCUT2D eigenvalue weighted by Crippen LogP contribution is -2.43. The Bertz CT molecular complexity index is 1330. The van der Waals surface area contributed by atoms with Gasteiger partial charge in [-0.25, -0.2) is 13.8 Å². The van der Waals surface area contributed by atoms with Gasteiger partial charge >= 0.3 is 0 Å². The molecule has 2 N–H and O–H groups in total. The summed E-state index contributed by atoms with van der Waals surface area (Å²) in [7, 11) is 2.09. The molecule has 1 fully saturated rings. The van der Waals surface area contributed by atoms with E-state index in [-0.39, 0.29) is 18.5 Å². The van der Waals surface area contributed by atoms with Crippen molar-refractivity contribution in [2.24, 2.45) is 0 Å². The quantitative estimate of drug-likeness (QED) is 0.434. The van der Waals surface area contributed by atoms with Crippen LogP contribution in [-0.2, 0) is 6.54 Å². The average molecular weight is 477 g/mol. The Labute approximate surface area is 201 Å². The normalized spacial score (nSPS) is 14.8. The van der Waals surface area contributed by atoms with Crippen molar-refractivity contribution in [1.82, 2.24) is 24.8 Å². The number of likely N-dealkylation sites (tertiary alicyclic amines) is 1. The van der Waals surface area contributed by atoms with E-state index in [1.807, 2.05) is 29.0 Å². The Balaban J connectivity index is 1.27. The zero-order chi connectivity index (χ0) is 24.4. The third-order valence-electron chi connectivity index (χ3n) is 6.23. The van der Waals surface area contributed by atoms with Gasteiger partial charge in [0.15, 0.2) is 0 Å². The van der Waals surface area contributed by atoms with Gasteiger partial charge in [-0.3, -0.25) is 4.79 Å². The van der Waals surface area contributed by atoms with Gasteiger partial charge in [-0.05, 0) is 81.0 Å². The summed E-state index contributed by atoms with van der Waals surface area (Å²) in [5.74, 6) is -0.921. The summed E-state index contributed by atoms with van der Waals surface area (Å²) in [5, 5.41) is 7.08. The summed E-state index contributed by atoms with van der Waals surface area (Å²) < 4.78 is 29.0. The number of aromatic nitrogens is 3. The highest BCUT2D eigenvalue weighted by Gasteiger charge is 2.19. The van der Waals surface area contributed by atoms with Crippen LogP contribution in [0.25, 0.3) is 11.0 Å². The fourth-order valence-electron chi connectivity index (χ4n) is 4.31. The van der Waals surface area contributed by atoms with Crippen LogP contribution in [-0.4, -0.2) is 51.5 Å². The van der Waals surface area contributed by atoms with Crippen LogP contribution < -0.4 is 10.6 Å². The van der Waals surface area contributed by atoms with E-state index in [2.05, 4.69) is 32.5 Å². The van der Waals surface area contributed by atoms with Crippen LogP contribution in [0.3, 0.4) is 0 Å². The van der Waals surface area contributed by atoms with E-state index in [1.165, 1.54) is 12.1 Å². The van der Waals surface area contributed by atoms with E-state index >= 15 is 0 Å². The molecule has 0 aliphatic carbocycles. The largest absolute Gasteiger partial charge is 0.349 e. The Hall–Kier alpha value is -3.85. The van der Waals surface area contributed by atoms with Crippen molar-refractivity contribution >= 4 is 28.6 Å². The van der Waals surface area contributed by atoms with Gasteiger partial charge in [0.2, 0.25) is 5.95 Å². The van der Waals surface area contributed by atoms with E-state index in [9.17, 15) is 13.6 Å². The van der Waals surface area contributed by atoms with E-state index < -0.39 is 11.6 Å². The molecule has 0 radical (unpaired) electrons. The molecule has 3 heterocycles. The molecule has 0 unspecified atom stereocenters. The van der Waals surface area contributed by atoms with Crippen molar-refractivity contribution in [1.29, 1.82) is 0 Å². The van der Waals surface area contributed by atoms with Crippen molar-refractivity contribution < 1.29 is 13.6 Å². The molecule has 2 aromatic carbocycles. The van der Waals surface area contributed by atoms with E-state index in [0.29, 0.717) is 22.7 Å². The number of nitrogens with zero attached hydrogens (tertiary/aromatic N) is 4. The van der Waals surface area contributed by atoms with E-state index in [4.69, 9.17) is 0 Å². The Morgan fingerprint density at radius 2 is 1.77 bits per heavy atom. The summed E-state index contributed by atoms with van der Waals surface area (Å²) in [4.78, 5) is 23.8. The second kappa shape index (κ2) is 9.79. The monoisotopic (exact) mass is 476 g/mol. The molecule has 5 rings (SSSR count). The first-order valence-corrected chi connectivity index (χ1v) is 11.6. The maximum atomic E-state index is 13.6. The number of hydrogen-bond acceptors (Lipinski definition) is 5. The molecule has 9 heteroatoms. The fourth-order valence-corrected chi connectivity index (χ4v) is 4.31. The molecular weight excluding hydrogens is 450 g/mol. The molecule has 180 valence electrons. The van der Waals surface area contributed by atoms with Crippen LogP contribution >= 0.6 is 0 Å². The Morgan fingerprint density at radius 1 is 1.06 bits per heavy atom. The first-order chi connectivity index (χ1) is 16.9. The Kier molecular flexibility index (Phi) is 6.41. The highest BCUT2D eigenvalue weighted by Crippen LogP contribution is 2.20. The number of piperidine rings is 1. The molecule has 0 atom stereocenters. The number of halogens is 2. The van der Waals surface area contributed by atoms with Gasteiger partial charge in [0.25, 0.3) is 5.91 Å². The average Bonchev–Trinajstić information content (AvgIpc) is 3.22. The summed E-state index contributed by atoms with van der Waals surface area (Å²) in [6.45, 7) is 2.25. The van der Waals surface area contributed by atoms with Gasteiger partial charge in [0.1, 0.15) is 17.3 Å². The topological polar surface area (TPSA) is 75.1 Å². The number of fused-ring (bicyclic) bond motifs is 1. The van der Waals surface area contributed by atoms with Gasteiger partial charge in [0, 0.05) is 47.7 Å². The molecule has 1 aliphatic rings. The molecule has 1 amide bonds. The minimum Gasteiger partial charge on any atom is -0.349 e. The van der Waals surface area contributed by atoms with E-state index in [1.54, 1.807) is 18.3 Å². The predicted molar refractivity (Wildman–Crippen MR) is 131 cm³/mol. The maximum absolute atomic E-state index is 13.6. The standard InChI is InChI=1S/C26H26F2N6O/c1-33-9-7-23(8-10-33)30-25(35)18-2-4-22(5-3-18)31-26-29-15-19-6-11-34(24(19)32-26)16-17-12-20(27)14-21(28)13-17/h2-6,11-15,23H,7-10,16H2,1H3,(H,30,35)(H,29,31,32). The minimum absolute atomic E-state index is 0.0737. The highest BCUT2D eigenvalue weighted by atomic mass is 19.1. The second-order valence-electron chi connectivity index (χ2n) is 8.95. The molecule has 0 saturated carbocycles. The number of benzene rings is 2. The molecule has 4 aromatic rings. The number of carbonyl (C=O) groups excluding carboxylic acids is 1. The smallest absolute Gasteiger partial charge is 0.251 e. The van der Waals surface area contributed by atoms with Gasteiger partial charge in [-0.1, -0.05) is 0 Å². The third kappa shape index (κ3) is 5.46. The lowest BCUT2D eigenvalue weighted by molar-refractivity contribution is 0.0917. The first kappa shape index (κ1) is 22.9. The van der Waals surface area contributed by atoms with E-state index in [0.717, 1.165) is 43.1 Å². The van der Waals surface area contributed by atoms with Crippen LogP contribution in [0, 0.1) is 11.6 Å². The maximum Gasteiger partial charge on any atom is 0.251 e. The van der Waals surface area contributed by atoms with Crippen LogP contribution in [0.5, 0.6) is 0 Å². The van der Waals surface area contributed by atoms with Crippen molar-refractivity contribution in [3.05, 3.63) is 83.7 Å². The van der Waals surface area contributed by atoms with Gasteiger partial charge in [-0.2, -0.15) is 4.98 Å². The van der Waals surface area contributed by atoms with Crippen LogP contribution in [0.15, 0.2) is 60.9 Å². The van der Waals surface area contributed by atoms with Crippen LogP contribution in [0.4, 0.5) is 20.4 Å². The van der Waals surface area contributed by atoms with Crippen molar-refractivity contribution in [2.75, 3.05) is 25.5 Å². The van der Waals surface area contributed by atoms with Crippen LogP contribution in [0.1, 0.15) is 28.8 Å². The zero-order valence-corrected chi connectivity index (χ0v) is 19.3. The number of rotatable bonds is 6. The molecule has 2 aromatic heterocycles. The fraction of sp³-hybridized carbons (Fsp3) is 0.269. The second-order valence-corrected chi connectivity index (χ2v) is 8.95. The highest BCUT2D eigenvalue weighted by molar-refractivity contribution is 5.94. The van der Waals surface area contributed by atoms with Crippen LogP contribution in [0.2, 0.25) is 0 Å². The van der Waals surface area contributed by atoms with Crippen molar-refractivity contribution in [2.45, 2.75) is 25.4 Å². The molecule has 0 spiro atoms. The lowest BCUT2D eigenvalue weighted by Gasteiger charge is -2.29. The predicted octanol–water partition coefficient (Wildman–Crippen LogP) is 4.33. The third-order valence-corrected chi connectivity index (χ3v) is 6.23. The first-order valence-electron chi connectivity index (χ1n) is 11.6.